The smallest absolute Gasteiger partial charge is 0.302 e. The number of carbonyl (C=O) groups is 1. The first-order chi connectivity index (χ1) is 7.61. The molecule has 1 aromatic rings. The normalized spacial score (nSPS) is 11.3. The predicted molar refractivity (Wildman–Crippen MR) is 62.9 cm³/mol. The number of aliphatic hydroxyl groups is 1. The molecule has 0 unspecified atom stereocenters. The minimum Gasteiger partial charge on any atom is -0.461 e. The summed E-state index contributed by atoms with van der Waals surface area (Å²) in [4.78, 5) is 10.6. The quantitative estimate of drug-likeness (QED) is 0.789. The summed E-state index contributed by atoms with van der Waals surface area (Å²) in [7, 11) is 0. The van der Waals surface area contributed by atoms with Crippen LogP contribution in [0.5, 0.6) is 0 Å². The van der Waals surface area contributed by atoms with Crippen LogP contribution >= 0.6 is 0 Å². The van der Waals surface area contributed by atoms with E-state index in [2.05, 4.69) is 0 Å². The average Bonchev–Trinajstić information content (AvgIpc) is 2.26. The molecule has 0 aliphatic heterocycles. The largest absolute Gasteiger partial charge is 0.461 e. The summed E-state index contributed by atoms with van der Waals surface area (Å²) in [5, 5.41) is 9.10. The topological polar surface area (TPSA) is 46.5 Å². The van der Waals surface area contributed by atoms with Crippen molar-refractivity contribution in [3.05, 3.63) is 41.0 Å². The second-order valence-corrected chi connectivity index (χ2v) is 3.65. The van der Waals surface area contributed by atoms with Gasteiger partial charge in [0.15, 0.2) is 0 Å². The Morgan fingerprint density at radius 1 is 1.38 bits per heavy atom. The molecule has 1 N–H and O–H groups in total. The van der Waals surface area contributed by atoms with Gasteiger partial charge in [0.2, 0.25) is 0 Å². The third-order valence-corrected chi connectivity index (χ3v) is 2.11. The van der Waals surface area contributed by atoms with Gasteiger partial charge in [0.05, 0.1) is 6.61 Å². The molecule has 3 nitrogen and oxygen atoms in total. The number of carbonyl (C=O) groups excluding carboxylic acids is 1. The second-order valence-electron chi connectivity index (χ2n) is 3.65. The van der Waals surface area contributed by atoms with Crippen molar-refractivity contribution in [3.8, 4) is 0 Å². The van der Waals surface area contributed by atoms with Crippen LogP contribution in [0.25, 0.3) is 6.08 Å². The molecule has 0 aliphatic rings. The first-order valence-corrected chi connectivity index (χ1v) is 5.12. The lowest BCUT2D eigenvalue weighted by Gasteiger charge is -2.04. The molecule has 1 rings (SSSR count). The number of benzene rings is 1. The summed E-state index contributed by atoms with van der Waals surface area (Å²) >= 11 is 0. The van der Waals surface area contributed by atoms with Crippen LogP contribution in [0.3, 0.4) is 0 Å². The monoisotopic (exact) mass is 220 g/mol. The van der Waals surface area contributed by atoms with E-state index in [9.17, 15) is 4.79 Å². The van der Waals surface area contributed by atoms with Crippen LogP contribution in [-0.2, 0) is 9.53 Å². The molecule has 0 fully saturated rings. The molecular weight excluding hydrogens is 204 g/mol. The standard InChI is InChI=1S/C13H16O3/c1-10-3-5-12(6-4-10)7-13(8-14)9-16-11(2)15/h3-7,14H,8-9H2,1-2H3/b13-7-. The highest BCUT2D eigenvalue weighted by atomic mass is 16.5. The Bertz CT molecular complexity index is 377. The fourth-order valence-electron chi connectivity index (χ4n) is 1.23. The van der Waals surface area contributed by atoms with Crippen LogP contribution < -0.4 is 0 Å². The van der Waals surface area contributed by atoms with E-state index in [0.29, 0.717) is 5.57 Å². The van der Waals surface area contributed by atoms with E-state index in [-0.39, 0.29) is 19.2 Å². The molecule has 3 heteroatoms. The Morgan fingerprint density at radius 3 is 2.50 bits per heavy atom. The van der Waals surface area contributed by atoms with Crippen LogP contribution in [-0.4, -0.2) is 24.3 Å². The molecule has 0 saturated carbocycles. The van der Waals surface area contributed by atoms with Crippen molar-refractivity contribution in [1.29, 1.82) is 0 Å². The summed E-state index contributed by atoms with van der Waals surface area (Å²) in [5.74, 6) is -0.344. The summed E-state index contributed by atoms with van der Waals surface area (Å²) in [6, 6.07) is 7.90. The molecule has 16 heavy (non-hydrogen) atoms. The van der Waals surface area contributed by atoms with Crippen LogP contribution in [0, 0.1) is 6.92 Å². The van der Waals surface area contributed by atoms with Gasteiger partial charge in [-0.2, -0.15) is 0 Å². The molecule has 86 valence electrons. The predicted octanol–water partition coefficient (Wildman–Crippen LogP) is 1.93. The van der Waals surface area contributed by atoms with Crippen LogP contribution in [0.4, 0.5) is 0 Å². The summed E-state index contributed by atoms with van der Waals surface area (Å²) in [6.07, 6.45) is 1.82. The van der Waals surface area contributed by atoms with Crippen LogP contribution in [0.15, 0.2) is 29.8 Å². The molecular formula is C13H16O3. The number of hydrogen-bond donors (Lipinski definition) is 1. The van der Waals surface area contributed by atoms with Crippen LogP contribution in [0.2, 0.25) is 0 Å². The van der Waals surface area contributed by atoms with Gasteiger partial charge >= 0.3 is 5.97 Å². The van der Waals surface area contributed by atoms with Gasteiger partial charge in [0, 0.05) is 6.92 Å². The van der Waals surface area contributed by atoms with Crippen LogP contribution in [0.1, 0.15) is 18.1 Å². The molecule has 0 aromatic heterocycles. The Hall–Kier alpha value is -1.61. The van der Waals surface area contributed by atoms with Gasteiger partial charge in [-0.3, -0.25) is 4.79 Å². The lowest BCUT2D eigenvalue weighted by Crippen LogP contribution is -2.05. The number of aliphatic hydroxyl groups excluding tert-OH is 1. The van der Waals surface area contributed by atoms with E-state index in [4.69, 9.17) is 9.84 Å². The lowest BCUT2D eigenvalue weighted by molar-refractivity contribution is -0.140. The van der Waals surface area contributed by atoms with Gasteiger partial charge < -0.3 is 9.84 Å². The Balaban J connectivity index is 2.71. The molecule has 0 heterocycles. The third-order valence-electron chi connectivity index (χ3n) is 2.11. The SMILES string of the molecule is CC(=O)OC/C(=C\c1ccc(C)cc1)CO. The molecule has 1 aromatic carbocycles. The molecule has 0 radical (unpaired) electrons. The molecule has 0 spiro atoms. The average molecular weight is 220 g/mol. The highest BCUT2D eigenvalue weighted by Crippen LogP contribution is 2.08. The highest BCUT2D eigenvalue weighted by molar-refractivity contribution is 5.66. The second kappa shape index (κ2) is 6.08. The number of ether oxygens (including phenoxy) is 1. The maximum Gasteiger partial charge on any atom is 0.302 e. The minimum absolute atomic E-state index is 0.110. The first kappa shape index (κ1) is 12.5. The third kappa shape index (κ3) is 4.28. The fourth-order valence-corrected chi connectivity index (χ4v) is 1.23. The molecule has 0 amide bonds. The summed E-state index contributed by atoms with van der Waals surface area (Å²) in [5.41, 5.74) is 2.85. The Kier molecular flexibility index (Phi) is 4.73. The van der Waals surface area contributed by atoms with E-state index in [1.165, 1.54) is 12.5 Å². The zero-order valence-electron chi connectivity index (χ0n) is 9.56. The highest BCUT2D eigenvalue weighted by Gasteiger charge is 1.99. The number of hydrogen-bond acceptors (Lipinski definition) is 3. The zero-order valence-corrected chi connectivity index (χ0v) is 9.56. The maximum atomic E-state index is 10.6. The van der Waals surface area contributed by atoms with Crippen molar-refractivity contribution in [1.82, 2.24) is 0 Å². The van der Waals surface area contributed by atoms with E-state index in [1.54, 1.807) is 0 Å². The molecule has 0 aliphatic carbocycles. The van der Waals surface area contributed by atoms with Gasteiger partial charge in [-0.15, -0.1) is 0 Å². The van der Waals surface area contributed by atoms with Crippen molar-refractivity contribution in [2.75, 3.05) is 13.2 Å². The lowest BCUT2D eigenvalue weighted by atomic mass is 10.1. The van der Waals surface area contributed by atoms with E-state index in [0.717, 1.165) is 5.56 Å². The fraction of sp³-hybridized carbons (Fsp3) is 0.308. The zero-order chi connectivity index (χ0) is 12.0. The van der Waals surface area contributed by atoms with Gasteiger partial charge in [-0.1, -0.05) is 35.9 Å². The first-order valence-electron chi connectivity index (χ1n) is 5.12. The summed E-state index contributed by atoms with van der Waals surface area (Å²) in [6.45, 7) is 3.39. The van der Waals surface area contributed by atoms with Gasteiger partial charge in [-0.05, 0) is 18.1 Å². The van der Waals surface area contributed by atoms with Crippen molar-refractivity contribution < 1.29 is 14.6 Å². The van der Waals surface area contributed by atoms with Gasteiger partial charge in [0.25, 0.3) is 0 Å². The molecule has 0 bridgehead atoms. The van der Waals surface area contributed by atoms with Gasteiger partial charge in [-0.25, -0.2) is 0 Å². The summed E-state index contributed by atoms with van der Waals surface area (Å²) < 4.78 is 4.82. The molecule has 0 atom stereocenters. The van der Waals surface area contributed by atoms with E-state index < -0.39 is 0 Å². The van der Waals surface area contributed by atoms with Gasteiger partial charge in [0.1, 0.15) is 6.61 Å². The Morgan fingerprint density at radius 2 is 2.00 bits per heavy atom. The Labute approximate surface area is 95.4 Å². The van der Waals surface area contributed by atoms with Crippen molar-refractivity contribution in [2.45, 2.75) is 13.8 Å². The van der Waals surface area contributed by atoms with E-state index in [1.807, 2.05) is 37.3 Å². The number of esters is 1. The van der Waals surface area contributed by atoms with Crippen molar-refractivity contribution in [2.24, 2.45) is 0 Å². The van der Waals surface area contributed by atoms with E-state index >= 15 is 0 Å². The maximum absolute atomic E-state index is 10.6. The number of rotatable bonds is 4. The molecule has 0 saturated heterocycles. The van der Waals surface area contributed by atoms with Crippen molar-refractivity contribution in [3.63, 3.8) is 0 Å². The number of aryl methyl sites for hydroxylation is 1. The minimum atomic E-state index is -0.344. The van der Waals surface area contributed by atoms with Crippen molar-refractivity contribution >= 4 is 12.0 Å².